The van der Waals surface area contributed by atoms with Gasteiger partial charge in [0.2, 0.25) is 5.13 Å². The second-order valence-electron chi connectivity index (χ2n) is 3.97. The van der Waals surface area contributed by atoms with Crippen LogP contribution in [0, 0.1) is 6.92 Å². The van der Waals surface area contributed by atoms with Gasteiger partial charge in [-0.2, -0.15) is 0 Å². The van der Waals surface area contributed by atoms with Crippen molar-refractivity contribution in [1.29, 1.82) is 0 Å². The molecular formula is C13H12N4S2. The van der Waals surface area contributed by atoms with Crippen molar-refractivity contribution < 1.29 is 0 Å². The molecule has 0 atom stereocenters. The highest BCUT2D eigenvalue weighted by molar-refractivity contribution is 7.18. The summed E-state index contributed by atoms with van der Waals surface area (Å²) in [5.41, 5.74) is 3.03. The number of hydrogen-bond acceptors (Lipinski definition) is 6. The topological polar surface area (TPSA) is 50.7 Å². The lowest BCUT2D eigenvalue weighted by atomic mass is 10.2. The van der Waals surface area contributed by atoms with Crippen LogP contribution in [-0.4, -0.2) is 22.2 Å². The predicted molar refractivity (Wildman–Crippen MR) is 80.7 cm³/mol. The van der Waals surface area contributed by atoms with Crippen LogP contribution in [0.4, 0.5) is 5.13 Å². The fraction of sp³-hybridized carbons (Fsp3) is 0.154. The van der Waals surface area contributed by atoms with Crippen molar-refractivity contribution in [3.8, 4) is 21.1 Å². The van der Waals surface area contributed by atoms with Gasteiger partial charge >= 0.3 is 0 Å². The van der Waals surface area contributed by atoms with E-state index < -0.39 is 0 Å². The summed E-state index contributed by atoms with van der Waals surface area (Å²) < 4.78 is 0. The number of rotatable bonds is 3. The van der Waals surface area contributed by atoms with Gasteiger partial charge in [-0.1, -0.05) is 17.4 Å². The van der Waals surface area contributed by atoms with Crippen molar-refractivity contribution >= 4 is 27.8 Å². The Hall–Kier alpha value is -1.79. The van der Waals surface area contributed by atoms with Crippen molar-refractivity contribution in [1.82, 2.24) is 15.2 Å². The molecule has 0 aliphatic carbocycles. The Kier molecular flexibility index (Phi) is 3.27. The van der Waals surface area contributed by atoms with E-state index in [2.05, 4.69) is 38.0 Å². The quantitative estimate of drug-likeness (QED) is 0.798. The molecule has 0 saturated carbocycles. The molecule has 3 aromatic rings. The third kappa shape index (κ3) is 2.36. The van der Waals surface area contributed by atoms with E-state index in [-0.39, 0.29) is 0 Å². The third-order valence-corrected chi connectivity index (χ3v) is 4.60. The first-order valence-corrected chi connectivity index (χ1v) is 7.50. The van der Waals surface area contributed by atoms with Gasteiger partial charge < -0.3 is 5.32 Å². The molecule has 0 aliphatic heterocycles. The molecule has 3 aromatic heterocycles. The first-order valence-electron chi connectivity index (χ1n) is 5.81. The van der Waals surface area contributed by atoms with Gasteiger partial charge in [0.1, 0.15) is 0 Å². The molecule has 0 radical (unpaired) electrons. The zero-order chi connectivity index (χ0) is 13.2. The summed E-state index contributed by atoms with van der Waals surface area (Å²) in [7, 11) is 1.84. The lowest BCUT2D eigenvalue weighted by Gasteiger charge is -2.03. The molecule has 0 aromatic carbocycles. The van der Waals surface area contributed by atoms with Gasteiger partial charge in [0.15, 0.2) is 5.01 Å². The highest BCUT2D eigenvalue weighted by Gasteiger charge is 2.11. The third-order valence-electron chi connectivity index (χ3n) is 2.73. The van der Waals surface area contributed by atoms with Crippen LogP contribution < -0.4 is 5.32 Å². The number of aromatic nitrogens is 3. The second kappa shape index (κ2) is 5.07. The number of thiophene rings is 1. The Bertz CT molecular complexity index is 688. The van der Waals surface area contributed by atoms with E-state index in [0.29, 0.717) is 0 Å². The summed E-state index contributed by atoms with van der Waals surface area (Å²) in [6, 6.07) is 8.22. The van der Waals surface area contributed by atoms with E-state index in [0.717, 1.165) is 27.1 Å². The Balaban J connectivity index is 2.00. The summed E-state index contributed by atoms with van der Waals surface area (Å²) >= 11 is 3.23. The molecule has 0 fully saturated rings. The van der Waals surface area contributed by atoms with E-state index >= 15 is 0 Å². The van der Waals surface area contributed by atoms with Gasteiger partial charge in [-0.3, -0.25) is 4.98 Å². The number of hydrogen-bond donors (Lipinski definition) is 1. The van der Waals surface area contributed by atoms with Crippen LogP contribution in [0.3, 0.4) is 0 Å². The molecule has 3 rings (SSSR count). The minimum atomic E-state index is 0.816. The zero-order valence-electron chi connectivity index (χ0n) is 10.5. The monoisotopic (exact) mass is 288 g/mol. The largest absolute Gasteiger partial charge is 0.363 e. The lowest BCUT2D eigenvalue weighted by Crippen LogP contribution is -1.89. The van der Waals surface area contributed by atoms with Crippen LogP contribution in [0.15, 0.2) is 29.6 Å². The molecule has 0 bridgehead atoms. The number of nitrogens with zero attached hydrogens (tertiary/aromatic N) is 3. The number of pyridine rings is 1. The van der Waals surface area contributed by atoms with E-state index in [4.69, 9.17) is 0 Å². The molecule has 0 spiro atoms. The molecule has 1 N–H and O–H groups in total. The maximum atomic E-state index is 4.66. The molecule has 4 nitrogen and oxygen atoms in total. The van der Waals surface area contributed by atoms with E-state index in [1.807, 2.05) is 26.1 Å². The van der Waals surface area contributed by atoms with Gasteiger partial charge in [0.05, 0.1) is 10.6 Å². The molecule has 19 heavy (non-hydrogen) atoms. The van der Waals surface area contributed by atoms with E-state index in [1.54, 1.807) is 11.3 Å². The summed E-state index contributed by atoms with van der Waals surface area (Å²) in [6.07, 6.45) is 0. The van der Waals surface area contributed by atoms with Gasteiger partial charge in [-0.05, 0) is 30.5 Å². The normalized spacial score (nSPS) is 10.6. The van der Waals surface area contributed by atoms with Gasteiger partial charge in [0, 0.05) is 18.3 Å². The van der Waals surface area contributed by atoms with Gasteiger partial charge in [0.25, 0.3) is 0 Å². The van der Waals surface area contributed by atoms with Crippen LogP contribution >= 0.6 is 22.7 Å². The van der Waals surface area contributed by atoms with Crippen molar-refractivity contribution in [3.05, 3.63) is 35.3 Å². The lowest BCUT2D eigenvalue weighted by molar-refractivity contribution is 1.08. The molecule has 0 saturated heterocycles. The van der Waals surface area contributed by atoms with Crippen molar-refractivity contribution in [3.63, 3.8) is 0 Å². The number of anilines is 1. The Morgan fingerprint density at radius 1 is 1.16 bits per heavy atom. The van der Waals surface area contributed by atoms with Crippen LogP contribution in [0.2, 0.25) is 0 Å². The van der Waals surface area contributed by atoms with Gasteiger partial charge in [-0.15, -0.1) is 21.5 Å². The fourth-order valence-electron chi connectivity index (χ4n) is 1.78. The Labute approximate surface area is 119 Å². The molecule has 3 heterocycles. The molecule has 96 valence electrons. The first-order chi connectivity index (χ1) is 9.28. The highest BCUT2D eigenvalue weighted by atomic mass is 32.1. The molecule has 0 aliphatic rings. The first kappa shape index (κ1) is 12.3. The average Bonchev–Trinajstić information content (AvgIpc) is 3.10. The molecular weight excluding hydrogens is 276 g/mol. The van der Waals surface area contributed by atoms with E-state index in [9.17, 15) is 0 Å². The summed E-state index contributed by atoms with van der Waals surface area (Å²) in [4.78, 5) is 5.84. The SMILES string of the molecule is CNc1nnc(-c2ccc(-c3cccs3)nc2C)s1. The van der Waals surface area contributed by atoms with Crippen LogP contribution in [0.5, 0.6) is 0 Å². The maximum Gasteiger partial charge on any atom is 0.205 e. The Morgan fingerprint density at radius 3 is 2.68 bits per heavy atom. The second-order valence-corrected chi connectivity index (χ2v) is 5.89. The Morgan fingerprint density at radius 2 is 2.05 bits per heavy atom. The molecule has 6 heteroatoms. The zero-order valence-corrected chi connectivity index (χ0v) is 12.2. The molecule has 0 unspecified atom stereocenters. The molecule has 0 amide bonds. The standard InChI is InChI=1S/C13H12N4S2/c1-8-9(12-16-17-13(14-2)19-12)5-6-10(15-8)11-4-3-7-18-11/h3-7H,1-2H3,(H,14,17). The van der Waals surface area contributed by atoms with Crippen LogP contribution in [0.25, 0.3) is 21.1 Å². The maximum absolute atomic E-state index is 4.66. The van der Waals surface area contributed by atoms with Crippen LogP contribution in [0.1, 0.15) is 5.69 Å². The minimum absolute atomic E-state index is 0.816. The summed E-state index contributed by atoms with van der Waals surface area (Å²) in [5, 5.41) is 15.0. The summed E-state index contributed by atoms with van der Waals surface area (Å²) in [6.45, 7) is 2.01. The smallest absolute Gasteiger partial charge is 0.205 e. The summed E-state index contributed by atoms with van der Waals surface area (Å²) in [5.74, 6) is 0. The fourth-order valence-corrected chi connectivity index (χ4v) is 3.25. The minimum Gasteiger partial charge on any atom is -0.363 e. The van der Waals surface area contributed by atoms with Crippen molar-refractivity contribution in [2.45, 2.75) is 6.92 Å². The van der Waals surface area contributed by atoms with Gasteiger partial charge in [-0.25, -0.2) is 0 Å². The van der Waals surface area contributed by atoms with Crippen molar-refractivity contribution in [2.75, 3.05) is 12.4 Å². The number of aryl methyl sites for hydroxylation is 1. The number of nitrogens with one attached hydrogen (secondary N) is 1. The van der Waals surface area contributed by atoms with Crippen LogP contribution in [-0.2, 0) is 0 Å². The van der Waals surface area contributed by atoms with Crippen molar-refractivity contribution in [2.24, 2.45) is 0 Å². The average molecular weight is 288 g/mol. The predicted octanol–water partition coefficient (Wildman–Crippen LogP) is 3.68. The van der Waals surface area contributed by atoms with E-state index in [1.165, 1.54) is 16.2 Å². The highest BCUT2D eigenvalue weighted by Crippen LogP contribution is 2.30.